The average molecular weight is 402 g/mol. The molecule has 2 heterocycles. The van der Waals surface area contributed by atoms with Crippen LogP contribution in [0.1, 0.15) is 0 Å². The molecule has 0 spiro atoms. The van der Waals surface area contributed by atoms with Crippen LogP contribution in [0.25, 0.3) is 11.3 Å². The van der Waals surface area contributed by atoms with Crippen LogP contribution in [0.4, 0.5) is 5.69 Å². The topological polar surface area (TPSA) is 54.3 Å². The maximum absolute atomic E-state index is 13.1. The summed E-state index contributed by atoms with van der Waals surface area (Å²) < 4.78 is 27.5. The van der Waals surface area contributed by atoms with Gasteiger partial charge in [-0.05, 0) is 42.5 Å². The van der Waals surface area contributed by atoms with Crippen LogP contribution in [-0.4, -0.2) is 38.6 Å². The molecule has 140 valence electrons. The maximum Gasteiger partial charge on any atom is 0.268 e. The number of anilines is 1. The van der Waals surface area contributed by atoms with Crippen LogP contribution >= 0.6 is 11.6 Å². The minimum absolute atomic E-state index is 0.172. The van der Waals surface area contributed by atoms with Crippen LogP contribution in [0.15, 0.2) is 71.8 Å². The van der Waals surface area contributed by atoms with E-state index in [0.29, 0.717) is 10.7 Å². The predicted molar refractivity (Wildman–Crippen MR) is 109 cm³/mol. The highest BCUT2D eigenvalue weighted by molar-refractivity contribution is 7.90. The summed E-state index contributed by atoms with van der Waals surface area (Å²) in [4.78, 5) is 2.48. The SMILES string of the molecule is O=S(=O)(c1cccc(Cl)c1)n1cccc1-c1cccc(N2CCNCC2)c1. The molecule has 27 heavy (non-hydrogen) atoms. The van der Waals surface area contributed by atoms with Crippen molar-refractivity contribution in [2.45, 2.75) is 4.90 Å². The van der Waals surface area contributed by atoms with E-state index in [9.17, 15) is 8.42 Å². The van der Waals surface area contributed by atoms with E-state index in [4.69, 9.17) is 11.6 Å². The molecule has 1 N–H and O–H groups in total. The van der Waals surface area contributed by atoms with Crippen molar-refractivity contribution in [1.82, 2.24) is 9.29 Å². The molecule has 0 unspecified atom stereocenters. The molecule has 1 aliphatic heterocycles. The minimum atomic E-state index is -3.73. The number of halogens is 1. The molecule has 0 radical (unpaired) electrons. The van der Waals surface area contributed by atoms with Crippen LogP contribution in [0, 0.1) is 0 Å². The Balaban J connectivity index is 1.74. The quantitative estimate of drug-likeness (QED) is 0.727. The lowest BCUT2D eigenvalue weighted by molar-refractivity contribution is 0.588. The zero-order valence-corrected chi connectivity index (χ0v) is 16.2. The molecule has 0 saturated carbocycles. The fraction of sp³-hybridized carbons (Fsp3) is 0.200. The van der Waals surface area contributed by atoms with E-state index in [2.05, 4.69) is 16.3 Å². The summed E-state index contributed by atoms with van der Waals surface area (Å²) in [7, 11) is -3.73. The Morgan fingerprint density at radius 1 is 0.926 bits per heavy atom. The van der Waals surface area contributed by atoms with Gasteiger partial charge in [-0.1, -0.05) is 29.8 Å². The zero-order chi connectivity index (χ0) is 18.9. The normalized spacial score (nSPS) is 15.1. The van der Waals surface area contributed by atoms with E-state index in [-0.39, 0.29) is 4.90 Å². The zero-order valence-electron chi connectivity index (χ0n) is 14.7. The predicted octanol–water partition coefficient (Wildman–Crippen LogP) is 3.46. The molecule has 0 aliphatic carbocycles. The van der Waals surface area contributed by atoms with Gasteiger partial charge in [0.25, 0.3) is 10.0 Å². The molecule has 1 fully saturated rings. The average Bonchev–Trinajstić information content (AvgIpc) is 3.20. The van der Waals surface area contributed by atoms with E-state index in [1.165, 1.54) is 10.0 Å². The summed E-state index contributed by atoms with van der Waals surface area (Å²) in [5, 5.41) is 3.74. The molecule has 5 nitrogen and oxygen atoms in total. The lowest BCUT2D eigenvalue weighted by Crippen LogP contribution is -2.43. The number of hydrogen-bond acceptors (Lipinski definition) is 4. The summed E-state index contributed by atoms with van der Waals surface area (Å²) >= 11 is 5.99. The van der Waals surface area contributed by atoms with Crippen LogP contribution in [0.5, 0.6) is 0 Å². The van der Waals surface area contributed by atoms with Crippen molar-refractivity contribution >= 4 is 27.3 Å². The van der Waals surface area contributed by atoms with Gasteiger partial charge >= 0.3 is 0 Å². The molecular weight excluding hydrogens is 382 g/mol. The Morgan fingerprint density at radius 2 is 1.70 bits per heavy atom. The number of nitrogens with one attached hydrogen (secondary N) is 1. The van der Waals surface area contributed by atoms with E-state index >= 15 is 0 Å². The summed E-state index contributed by atoms with van der Waals surface area (Å²) in [5.41, 5.74) is 2.59. The van der Waals surface area contributed by atoms with Crippen LogP contribution in [-0.2, 0) is 10.0 Å². The smallest absolute Gasteiger partial charge is 0.268 e. The second-order valence-electron chi connectivity index (χ2n) is 6.44. The monoisotopic (exact) mass is 401 g/mol. The highest BCUT2D eigenvalue weighted by Gasteiger charge is 2.21. The van der Waals surface area contributed by atoms with Gasteiger partial charge in [0.1, 0.15) is 0 Å². The minimum Gasteiger partial charge on any atom is -0.369 e. The molecule has 1 aliphatic rings. The molecule has 1 saturated heterocycles. The van der Waals surface area contributed by atoms with Crippen molar-refractivity contribution in [2.75, 3.05) is 31.1 Å². The number of benzene rings is 2. The molecule has 4 rings (SSSR count). The first-order chi connectivity index (χ1) is 13.1. The lowest BCUT2D eigenvalue weighted by atomic mass is 10.1. The highest BCUT2D eigenvalue weighted by atomic mass is 35.5. The number of rotatable bonds is 4. The van der Waals surface area contributed by atoms with E-state index in [1.54, 1.807) is 30.5 Å². The second kappa shape index (κ2) is 7.38. The van der Waals surface area contributed by atoms with Crippen LogP contribution in [0.2, 0.25) is 5.02 Å². The van der Waals surface area contributed by atoms with Gasteiger partial charge in [-0.25, -0.2) is 12.4 Å². The summed E-state index contributed by atoms with van der Waals surface area (Å²) in [6.45, 7) is 3.77. The van der Waals surface area contributed by atoms with Crippen LogP contribution in [0.3, 0.4) is 0 Å². The van der Waals surface area contributed by atoms with Gasteiger partial charge in [-0.3, -0.25) is 0 Å². The van der Waals surface area contributed by atoms with Gasteiger partial charge in [0.05, 0.1) is 10.6 Å². The Hall–Kier alpha value is -2.28. The molecular formula is C20H20ClN3O2S. The lowest BCUT2D eigenvalue weighted by Gasteiger charge is -2.29. The third-order valence-electron chi connectivity index (χ3n) is 4.69. The first-order valence-electron chi connectivity index (χ1n) is 8.80. The standard InChI is InChI=1S/C20H20ClN3O2S/c21-17-5-2-7-19(15-17)27(25,26)24-11-3-8-20(24)16-4-1-6-18(14-16)23-12-9-22-10-13-23/h1-8,11,14-15,22H,9-10,12-13H2. The molecule has 0 atom stereocenters. The Labute approximate surface area is 164 Å². The Kier molecular flexibility index (Phi) is 4.95. The maximum atomic E-state index is 13.1. The molecule has 2 aromatic carbocycles. The second-order valence-corrected chi connectivity index (χ2v) is 8.69. The first-order valence-corrected chi connectivity index (χ1v) is 10.6. The fourth-order valence-corrected chi connectivity index (χ4v) is 4.99. The van der Waals surface area contributed by atoms with Gasteiger partial charge in [0, 0.05) is 48.6 Å². The summed E-state index contributed by atoms with van der Waals surface area (Å²) in [6, 6.07) is 17.9. The number of aromatic nitrogens is 1. The molecule has 1 aromatic heterocycles. The van der Waals surface area contributed by atoms with Gasteiger partial charge in [0.15, 0.2) is 0 Å². The van der Waals surface area contributed by atoms with E-state index in [0.717, 1.165) is 37.4 Å². The highest BCUT2D eigenvalue weighted by Crippen LogP contribution is 2.29. The Bertz CT molecular complexity index is 1060. The van der Waals surface area contributed by atoms with Gasteiger partial charge in [-0.2, -0.15) is 0 Å². The van der Waals surface area contributed by atoms with Crippen molar-refractivity contribution in [3.63, 3.8) is 0 Å². The molecule has 0 bridgehead atoms. The summed E-state index contributed by atoms with van der Waals surface area (Å²) in [5.74, 6) is 0. The largest absolute Gasteiger partial charge is 0.369 e. The van der Waals surface area contributed by atoms with Crippen molar-refractivity contribution in [3.05, 3.63) is 71.9 Å². The van der Waals surface area contributed by atoms with Crippen molar-refractivity contribution in [3.8, 4) is 11.3 Å². The van der Waals surface area contributed by atoms with E-state index < -0.39 is 10.0 Å². The molecule has 3 aromatic rings. The number of hydrogen-bond donors (Lipinski definition) is 1. The third-order valence-corrected chi connectivity index (χ3v) is 6.61. The molecule has 7 heteroatoms. The third kappa shape index (κ3) is 3.60. The van der Waals surface area contributed by atoms with Gasteiger partial charge in [0.2, 0.25) is 0 Å². The summed E-state index contributed by atoms with van der Waals surface area (Å²) in [6.07, 6.45) is 1.57. The van der Waals surface area contributed by atoms with E-state index in [1.807, 2.05) is 24.3 Å². The van der Waals surface area contributed by atoms with Crippen molar-refractivity contribution < 1.29 is 8.42 Å². The van der Waals surface area contributed by atoms with Crippen molar-refractivity contribution in [1.29, 1.82) is 0 Å². The van der Waals surface area contributed by atoms with Crippen molar-refractivity contribution in [2.24, 2.45) is 0 Å². The number of piperazine rings is 1. The first kappa shape index (κ1) is 18.1. The van der Waals surface area contributed by atoms with Crippen LogP contribution < -0.4 is 10.2 Å². The van der Waals surface area contributed by atoms with Gasteiger partial charge < -0.3 is 10.2 Å². The number of nitrogens with zero attached hydrogens (tertiary/aromatic N) is 2. The fourth-order valence-electron chi connectivity index (χ4n) is 3.33. The molecule has 0 amide bonds. The Morgan fingerprint density at radius 3 is 2.48 bits per heavy atom. The van der Waals surface area contributed by atoms with Gasteiger partial charge in [-0.15, -0.1) is 0 Å².